The first-order chi connectivity index (χ1) is 15.2. The predicted molar refractivity (Wildman–Crippen MR) is 119 cm³/mol. The standard InChI is InChI=1S/C23H29N3O6/c1-23(2,3)32-22(29)25-17-14-16(7-8-18(17)30-4)24-20(27)15-9-11-26(12-10-15)21(28)19-6-5-13-31-19/h5-8,13-15H,9-12H2,1-4H3,(H,24,27)(H,25,29). The van der Waals surface area contributed by atoms with E-state index >= 15 is 0 Å². The van der Waals surface area contributed by atoms with E-state index in [1.54, 1.807) is 56.0 Å². The van der Waals surface area contributed by atoms with Crippen LogP contribution in [0.15, 0.2) is 41.0 Å². The molecule has 1 aromatic heterocycles. The topological polar surface area (TPSA) is 110 Å². The van der Waals surface area contributed by atoms with Crippen molar-refractivity contribution >= 4 is 29.3 Å². The number of benzene rings is 1. The lowest BCUT2D eigenvalue weighted by Gasteiger charge is -2.30. The Bertz CT molecular complexity index is 957. The van der Waals surface area contributed by atoms with Crippen molar-refractivity contribution in [3.05, 3.63) is 42.4 Å². The molecule has 32 heavy (non-hydrogen) atoms. The molecule has 0 saturated carbocycles. The van der Waals surface area contributed by atoms with Gasteiger partial charge in [0.2, 0.25) is 5.91 Å². The van der Waals surface area contributed by atoms with Crippen LogP contribution >= 0.6 is 0 Å². The number of anilines is 2. The number of furan rings is 1. The van der Waals surface area contributed by atoms with Gasteiger partial charge >= 0.3 is 6.09 Å². The van der Waals surface area contributed by atoms with Crippen molar-refractivity contribution in [3.63, 3.8) is 0 Å². The van der Waals surface area contributed by atoms with Crippen molar-refractivity contribution in [3.8, 4) is 5.75 Å². The maximum atomic E-state index is 12.8. The van der Waals surface area contributed by atoms with Crippen LogP contribution in [0.2, 0.25) is 0 Å². The van der Waals surface area contributed by atoms with Crippen molar-refractivity contribution in [1.82, 2.24) is 4.90 Å². The van der Waals surface area contributed by atoms with E-state index in [1.165, 1.54) is 13.4 Å². The van der Waals surface area contributed by atoms with Crippen LogP contribution in [0.1, 0.15) is 44.2 Å². The van der Waals surface area contributed by atoms with Crippen molar-refractivity contribution < 1.29 is 28.3 Å². The Balaban J connectivity index is 1.59. The van der Waals surface area contributed by atoms with Crippen LogP contribution in [0.5, 0.6) is 5.75 Å². The molecule has 9 heteroatoms. The molecular weight excluding hydrogens is 414 g/mol. The molecule has 1 aromatic carbocycles. The highest BCUT2D eigenvalue weighted by atomic mass is 16.6. The zero-order valence-corrected chi connectivity index (χ0v) is 18.8. The summed E-state index contributed by atoms with van der Waals surface area (Å²) in [6.07, 6.45) is 1.95. The first kappa shape index (κ1) is 23.2. The third kappa shape index (κ3) is 6.03. The maximum absolute atomic E-state index is 12.8. The van der Waals surface area contributed by atoms with E-state index in [1.807, 2.05) is 0 Å². The van der Waals surface area contributed by atoms with Crippen LogP contribution in [-0.4, -0.2) is 48.6 Å². The average Bonchev–Trinajstić information content (AvgIpc) is 3.27. The summed E-state index contributed by atoms with van der Waals surface area (Å²) in [5, 5.41) is 5.54. The van der Waals surface area contributed by atoms with Gasteiger partial charge in [-0.3, -0.25) is 14.9 Å². The fourth-order valence-electron chi connectivity index (χ4n) is 3.44. The van der Waals surface area contributed by atoms with E-state index < -0.39 is 11.7 Å². The monoisotopic (exact) mass is 443 g/mol. The van der Waals surface area contributed by atoms with Gasteiger partial charge in [0.05, 0.1) is 19.1 Å². The predicted octanol–water partition coefficient (Wildman–Crippen LogP) is 4.13. The van der Waals surface area contributed by atoms with Crippen LogP contribution in [0.25, 0.3) is 0 Å². The second-order valence-electron chi connectivity index (χ2n) is 8.57. The molecule has 9 nitrogen and oxygen atoms in total. The van der Waals surface area contributed by atoms with Crippen LogP contribution < -0.4 is 15.4 Å². The van der Waals surface area contributed by atoms with Crippen molar-refractivity contribution in [2.45, 2.75) is 39.2 Å². The van der Waals surface area contributed by atoms with Crippen molar-refractivity contribution in [2.24, 2.45) is 5.92 Å². The van der Waals surface area contributed by atoms with Gasteiger partial charge in [0.25, 0.3) is 5.91 Å². The van der Waals surface area contributed by atoms with Gasteiger partial charge in [0, 0.05) is 24.7 Å². The molecule has 1 aliphatic heterocycles. The van der Waals surface area contributed by atoms with Crippen LogP contribution in [0.4, 0.5) is 16.2 Å². The summed E-state index contributed by atoms with van der Waals surface area (Å²) < 4.78 is 15.7. The number of carbonyl (C=O) groups excluding carboxylic acids is 3. The smallest absolute Gasteiger partial charge is 0.412 e. The molecule has 1 aliphatic rings. The number of nitrogens with zero attached hydrogens (tertiary/aromatic N) is 1. The molecule has 2 aromatic rings. The number of nitrogens with one attached hydrogen (secondary N) is 2. The quantitative estimate of drug-likeness (QED) is 0.719. The van der Waals surface area contributed by atoms with Gasteiger partial charge < -0.3 is 24.1 Å². The van der Waals surface area contributed by atoms with E-state index in [2.05, 4.69) is 10.6 Å². The highest BCUT2D eigenvalue weighted by Crippen LogP contribution is 2.29. The number of methoxy groups -OCH3 is 1. The largest absolute Gasteiger partial charge is 0.495 e. The van der Waals surface area contributed by atoms with Crippen LogP contribution in [0, 0.1) is 5.92 Å². The Morgan fingerprint density at radius 1 is 1.09 bits per heavy atom. The Morgan fingerprint density at radius 3 is 2.41 bits per heavy atom. The molecule has 0 spiro atoms. The van der Waals surface area contributed by atoms with Gasteiger partial charge in [0.15, 0.2) is 5.76 Å². The molecule has 2 heterocycles. The fourth-order valence-corrected chi connectivity index (χ4v) is 3.44. The van der Waals surface area contributed by atoms with Gasteiger partial charge in [0.1, 0.15) is 11.4 Å². The minimum Gasteiger partial charge on any atom is -0.495 e. The number of hydrogen-bond donors (Lipinski definition) is 2. The molecule has 0 aliphatic carbocycles. The van der Waals surface area contributed by atoms with Gasteiger partial charge in [-0.2, -0.15) is 0 Å². The molecule has 0 unspecified atom stereocenters. The molecule has 3 amide bonds. The lowest BCUT2D eigenvalue weighted by atomic mass is 9.95. The maximum Gasteiger partial charge on any atom is 0.412 e. The number of likely N-dealkylation sites (tertiary alicyclic amines) is 1. The number of amides is 3. The summed E-state index contributed by atoms with van der Waals surface area (Å²) in [5.41, 5.74) is 0.269. The summed E-state index contributed by atoms with van der Waals surface area (Å²) in [7, 11) is 1.49. The number of rotatable bonds is 5. The molecule has 0 atom stereocenters. The molecule has 1 saturated heterocycles. The molecule has 3 rings (SSSR count). The highest BCUT2D eigenvalue weighted by Gasteiger charge is 2.29. The van der Waals surface area contributed by atoms with E-state index in [-0.39, 0.29) is 17.7 Å². The van der Waals surface area contributed by atoms with Gasteiger partial charge in [-0.1, -0.05) is 0 Å². The molecule has 1 fully saturated rings. The van der Waals surface area contributed by atoms with E-state index in [9.17, 15) is 14.4 Å². The van der Waals surface area contributed by atoms with Crippen molar-refractivity contribution in [1.29, 1.82) is 0 Å². The zero-order chi connectivity index (χ0) is 23.3. The molecule has 0 radical (unpaired) electrons. The fraction of sp³-hybridized carbons (Fsp3) is 0.435. The summed E-state index contributed by atoms with van der Waals surface area (Å²) in [6, 6.07) is 8.29. The Labute approximate surface area is 187 Å². The number of hydrogen-bond acceptors (Lipinski definition) is 6. The normalized spacial score (nSPS) is 14.6. The van der Waals surface area contributed by atoms with Crippen LogP contribution in [0.3, 0.4) is 0 Å². The van der Waals surface area contributed by atoms with Crippen LogP contribution in [-0.2, 0) is 9.53 Å². The number of carbonyl (C=O) groups is 3. The lowest BCUT2D eigenvalue weighted by molar-refractivity contribution is -0.121. The Morgan fingerprint density at radius 2 is 1.81 bits per heavy atom. The zero-order valence-electron chi connectivity index (χ0n) is 18.8. The van der Waals surface area contributed by atoms with Gasteiger partial charge in [-0.25, -0.2) is 4.79 Å². The van der Waals surface area contributed by atoms with Gasteiger partial charge in [-0.15, -0.1) is 0 Å². The number of ether oxygens (including phenoxy) is 2. The minimum atomic E-state index is -0.643. The molecule has 0 bridgehead atoms. The molecular formula is C23H29N3O6. The summed E-state index contributed by atoms with van der Waals surface area (Å²) in [4.78, 5) is 39.0. The number of piperidine rings is 1. The third-order valence-electron chi connectivity index (χ3n) is 4.99. The van der Waals surface area contributed by atoms with E-state index in [4.69, 9.17) is 13.9 Å². The van der Waals surface area contributed by atoms with E-state index in [0.29, 0.717) is 48.8 Å². The molecule has 172 valence electrons. The summed E-state index contributed by atoms with van der Waals surface area (Å²) in [5.74, 6) is 0.222. The highest BCUT2D eigenvalue weighted by molar-refractivity contribution is 5.95. The second kappa shape index (κ2) is 9.76. The second-order valence-corrected chi connectivity index (χ2v) is 8.57. The summed E-state index contributed by atoms with van der Waals surface area (Å²) in [6.45, 7) is 6.27. The SMILES string of the molecule is COc1ccc(NC(=O)C2CCN(C(=O)c3ccco3)CC2)cc1NC(=O)OC(C)(C)C. The van der Waals surface area contributed by atoms with Gasteiger partial charge in [-0.05, 0) is 63.9 Å². The Hall–Kier alpha value is -3.49. The first-order valence-corrected chi connectivity index (χ1v) is 10.5. The van der Waals surface area contributed by atoms with E-state index in [0.717, 1.165) is 0 Å². The first-order valence-electron chi connectivity index (χ1n) is 10.5. The minimum absolute atomic E-state index is 0.136. The lowest BCUT2D eigenvalue weighted by Crippen LogP contribution is -2.41. The molecule has 2 N–H and O–H groups in total. The average molecular weight is 444 g/mol. The summed E-state index contributed by atoms with van der Waals surface area (Å²) >= 11 is 0. The third-order valence-corrected chi connectivity index (χ3v) is 4.99. The van der Waals surface area contributed by atoms with Crippen molar-refractivity contribution in [2.75, 3.05) is 30.8 Å². The Kier molecular flexibility index (Phi) is 7.07.